The lowest BCUT2D eigenvalue weighted by Crippen LogP contribution is -2.25. The molecule has 118 valence electrons. The molecule has 0 fully saturated rings. The van der Waals surface area contributed by atoms with Gasteiger partial charge in [0.2, 0.25) is 16.0 Å². The summed E-state index contributed by atoms with van der Waals surface area (Å²) in [4.78, 5) is 10.1. The van der Waals surface area contributed by atoms with Crippen molar-refractivity contribution in [2.24, 2.45) is 0 Å². The summed E-state index contributed by atoms with van der Waals surface area (Å²) in [7, 11) is -0.136. The molecule has 0 saturated heterocycles. The fraction of sp³-hybridized carbons (Fsp3) is 0.286. The van der Waals surface area contributed by atoms with Crippen molar-refractivity contribution < 1.29 is 12.8 Å². The number of aryl methyl sites for hydroxylation is 1. The van der Waals surface area contributed by atoms with E-state index in [-0.39, 0.29) is 11.4 Å². The highest BCUT2D eigenvalue weighted by Gasteiger charge is 2.17. The first-order chi connectivity index (χ1) is 10.3. The Morgan fingerprint density at radius 1 is 1.27 bits per heavy atom. The lowest BCUT2D eigenvalue weighted by atomic mass is 10.2. The second-order valence-electron chi connectivity index (χ2n) is 4.98. The van der Waals surface area contributed by atoms with Crippen LogP contribution in [0.4, 0.5) is 10.3 Å². The van der Waals surface area contributed by atoms with Crippen LogP contribution in [0.3, 0.4) is 0 Å². The lowest BCUT2D eigenvalue weighted by molar-refractivity contribution is 0.578. The summed E-state index contributed by atoms with van der Waals surface area (Å²) >= 11 is 0. The first-order valence-corrected chi connectivity index (χ1v) is 8.03. The molecule has 0 unspecified atom stereocenters. The standard InChI is InChI=1S/C14H17FN4O2S/c1-10-8-11(15)4-5-13(10)22(20,21)17-9-12-6-7-16-14(18-12)19(2)3/h4-8,17H,9H2,1-3H3. The smallest absolute Gasteiger partial charge is 0.241 e. The van der Waals surface area contributed by atoms with E-state index < -0.39 is 15.8 Å². The Morgan fingerprint density at radius 2 is 2.00 bits per heavy atom. The third kappa shape index (κ3) is 3.77. The zero-order chi connectivity index (χ0) is 16.3. The Morgan fingerprint density at radius 3 is 2.64 bits per heavy atom. The summed E-state index contributed by atoms with van der Waals surface area (Å²) in [6.45, 7) is 1.58. The highest BCUT2D eigenvalue weighted by molar-refractivity contribution is 7.89. The van der Waals surface area contributed by atoms with Gasteiger partial charge in [-0.1, -0.05) is 0 Å². The van der Waals surface area contributed by atoms with Crippen molar-refractivity contribution in [3.05, 3.63) is 47.5 Å². The Kier molecular flexibility index (Phi) is 4.72. The molecule has 6 nitrogen and oxygen atoms in total. The van der Waals surface area contributed by atoms with Crippen molar-refractivity contribution in [3.63, 3.8) is 0 Å². The lowest BCUT2D eigenvalue weighted by Gasteiger charge is -2.12. The van der Waals surface area contributed by atoms with E-state index in [2.05, 4.69) is 14.7 Å². The minimum Gasteiger partial charge on any atom is -0.347 e. The van der Waals surface area contributed by atoms with Crippen LogP contribution >= 0.6 is 0 Å². The van der Waals surface area contributed by atoms with Gasteiger partial charge in [-0.25, -0.2) is 27.5 Å². The summed E-state index contributed by atoms with van der Waals surface area (Å²) in [5, 5.41) is 0. The summed E-state index contributed by atoms with van der Waals surface area (Å²) in [6, 6.07) is 5.19. The zero-order valence-electron chi connectivity index (χ0n) is 12.5. The predicted octanol–water partition coefficient (Wildman–Crippen LogP) is 1.47. The minimum absolute atomic E-state index is 0.0303. The van der Waals surface area contributed by atoms with Crippen LogP contribution in [0.5, 0.6) is 0 Å². The number of sulfonamides is 1. The molecule has 2 aromatic rings. The molecular weight excluding hydrogens is 307 g/mol. The molecule has 0 spiro atoms. The number of nitrogens with one attached hydrogen (secondary N) is 1. The number of hydrogen-bond donors (Lipinski definition) is 1. The van der Waals surface area contributed by atoms with Crippen LogP contribution in [0, 0.1) is 12.7 Å². The monoisotopic (exact) mass is 324 g/mol. The van der Waals surface area contributed by atoms with Gasteiger partial charge in [-0.15, -0.1) is 0 Å². The van der Waals surface area contributed by atoms with E-state index in [4.69, 9.17) is 0 Å². The van der Waals surface area contributed by atoms with Crippen molar-refractivity contribution in [1.82, 2.24) is 14.7 Å². The van der Waals surface area contributed by atoms with Crippen molar-refractivity contribution in [3.8, 4) is 0 Å². The van der Waals surface area contributed by atoms with Crippen molar-refractivity contribution >= 4 is 16.0 Å². The van der Waals surface area contributed by atoms with E-state index in [1.54, 1.807) is 38.2 Å². The summed E-state index contributed by atoms with van der Waals surface area (Å²) < 4.78 is 40.1. The van der Waals surface area contributed by atoms with Gasteiger partial charge in [0.05, 0.1) is 17.1 Å². The number of aromatic nitrogens is 2. The molecule has 8 heteroatoms. The minimum atomic E-state index is -3.73. The number of halogens is 1. The van der Waals surface area contributed by atoms with E-state index in [0.717, 1.165) is 6.07 Å². The van der Waals surface area contributed by atoms with E-state index in [0.29, 0.717) is 17.2 Å². The number of benzene rings is 1. The fourth-order valence-corrected chi connectivity index (χ4v) is 3.08. The highest BCUT2D eigenvalue weighted by Crippen LogP contribution is 2.16. The van der Waals surface area contributed by atoms with E-state index in [1.165, 1.54) is 12.1 Å². The van der Waals surface area contributed by atoms with Gasteiger partial charge in [-0.3, -0.25) is 0 Å². The normalized spacial score (nSPS) is 11.5. The van der Waals surface area contributed by atoms with Gasteiger partial charge >= 0.3 is 0 Å². The summed E-state index contributed by atoms with van der Waals surface area (Å²) in [5.41, 5.74) is 0.895. The number of rotatable bonds is 5. The second kappa shape index (κ2) is 6.37. The van der Waals surface area contributed by atoms with Crippen LogP contribution in [-0.2, 0) is 16.6 Å². The van der Waals surface area contributed by atoms with Gasteiger partial charge in [0.25, 0.3) is 0 Å². The zero-order valence-corrected chi connectivity index (χ0v) is 13.4. The molecule has 0 radical (unpaired) electrons. The number of nitrogens with zero attached hydrogens (tertiary/aromatic N) is 3. The van der Waals surface area contributed by atoms with Gasteiger partial charge in [-0.2, -0.15) is 0 Å². The van der Waals surface area contributed by atoms with Gasteiger partial charge in [0.15, 0.2) is 0 Å². The third-order valence-electron chi connectivity index (χ3n) is 2.97. The molecular formula is C14H17FN4O2S. The van der Waals surface area contributed by atoms with Crippen LogP contribution in [0.2, 0.25) is 0 Å². The molecule has 1 heterocycles. The van der Waals surface area contributed by atoms with Crippen molar-refractivity contribution in [2.45, 2.75) is 18.4 Å². The summed E-state index contributed by atoms with van der Waals surface area (Å²) in [5.74, 6) is 0.0255. The maximum Gasteiger partial charge on any atom is 0.241 e. The van der Waals surface area contributed by atoms with Gasteiger partial charge < -0.3 is 4.90 Å². The Labute approximate surface area is 129 Å². The quantitative estimate of drug-likeness (QED) is 0.901. The van der Waals surface area contributed by atoms with Gasteiger partial charge in [0, 0.05) is 20.3 Å². The van der Waals surface area contributed by atoms with Gasteiger partial charge in [-0.05, 0) is 36.8 Å². The van der Waals surface area contributed by atoms with Gasteiger partial charge in [0.1, 0.15) is 5.82 Å². The molecule has 2 rings (SSSR count). The number of anilines is 1. The van der Waals surface area contributed by atoms with E-state index >= 15 is 0 Å². The molecule has 0 aliphatic rings. The first-order valence-electron chi connectivity index (χ1n) is 6.54. The van der Waals surface area contributed by atoms with Crippen LogP contribution in [0.15, 0.2) is 35.4 Å². The average Bonchev–Trinajstić information content (AvgIpc) is 2.45. The fourth-order valence-electron chi connectivity index (χ4n) is 1.86. The molecule has 0 saturated carbocycles. The van der Waals surface area contributed by atoms with E-state index in [1.807, 2.05) is 0 Å². The number of hydrogen-bond acceptors (Lipinski definition) is 5. The molecule has 1 aromatic carbocycles. The highest BCUT2D eigenvalue weighted by atomic mass is 32.2. The van der Waals surface area contributed by atoms with Crippen LogP contribution < -0.4 is 9.62 Å². The maximum atomic E-state index is 13.1. The molecule has 0 aliphatic carbocycles. The molecule has 1 N–H and O–H groups in total. The van der Waals surface area contributed by atoms with E-state index in [9.17, 15) is 12.8 Å². The maximum absolute atomic E-state index is 13.1. The van der Waals surface area contributed by atoms with Crippen LogP contribution in [0.25, 0.3) is 0 Å². The average molecular weight is 324 g/mol. The summed E-state index contributed by atoms with van der Waals surface area (Å²) in [6.07, 6.45) is 1.56. The topological polar surface area (TPSA) is 75.2 Å². The molecule has 0 aliphatic heterocycles. The van der Waals surface area contributed by atoms with Crippen LogP contribution in [0.1, 0.15) is 11.3 Å². The molecule has 0 bridgehead atoms. The van der Waals surface area contributed by atoms with Crippen LogP contribution in [-0.4, -0.2) is 32.5 Å². The predicted molar refractivity (Wildman–Crippen MR) is 81.5 cm³/mol. The van der Waals surface area contributed by atoms with Crippen molar-refractivity contribution in [2.75, 3.05) is 19.0 Å². The third-order valence-corrected chi connectivity index (χ3v) is 4.53. The Balaban J connectivity index is 2.18. The molecule has 22 heavy (non-hydrogen) atoms. The Hall–Kier alpha value is -2.06. The van der Waals surface area contributed by atoms with Crippen molar-refractivity contribution in [1.29, 1.82) is 0 Å². The largest absolute Gasteiger partial charge is 0.347 e. The Bertz CT molecular complexity index is 778. The second-order valence-corrected chi connectivity index (χ2v) is 6.71. The molecule has 0 atom stereocenters. The molecule has 1 aromatic heterocycles. The first kappa shape index (κ1) is 16.3. The molecule has 0 amide bonds. The SMILES string of the molecule is Cc1cc(F)ccc1S(=O)(=O)NCc1ccnc(N(C)C)n1.